The number of nitrogens with zero attached hydrogens (tertiary/aromatic N) is 1. The smallest absolute Gasteiger partial charge is 0.243 e. The largest absolute Gasteiger partial charge is 0.324 e. The molecule has 0 aliphatic carbocycles. The van der Waals surface area contributed by atoms with Gasteiger partial charge in [-0.3, -0.25) is 9.69 Å². The minimum Gasteiger partial charge on any atom is -0.324 e. The molecule has 2 aliphatic heterocycles. The highest BCUT2D eigenvalue weighted by Gasteiger charge is 2.32. The third kappa shape index (κ3) is 2.85. The number of hydrogen-bond donors (Lipinski definition) is 2. The van der Waals surface area contributed by atoms with Crippen molar-refractivity contribution in [3.8, 4) is 11.1 Å². The number of carbonyl (C=O) groups is 1. The minimum atomic E-state index is -0.0878. The molecule has 2 aromatic carbocycles. The van der Waals surface area contributed by atoms with Crippen LogP contribution in [0.3, 0.4) is 0 Å². The first-order chi connectivity index (χ1) is 11.2. The van der Waals surface area contributed by atoms with E-state index in [0.717, 1.165) is 47.0 Å². The van der Waals surface area contributed by atoms with Crippen LogP contribution in [0.15, 0.2) is 42.5 Å². The predicted molar refractivity (Wildman–Crippen MR) is 92.6 cm³/mol. The standard InChI is InChI=1S/C18H18ClN3O/c19-15-4-1-12(2-5-15)13-3-6-16-14(9-13)11-22-8-7-20-10-17(22)18(23)21-16/h1-6,9,17,20H,7-8,10-11H2,(H,21,23). The van der Waals surface area contributed by atoms with E-state index < -0.39 is 0 Å². The van der Waals surface area contributed by atoms with Gasteiger partial charge in [0.25, 0.3) is 0 Å². The summed E-state index contributed by atoms with van der Waals surface area (Å²) in [5.74, 6) is 0.0789. The zero-order chi connectivity index (χ0) is 15.8. The lowest BCUT2D eigenvalue weighted by Crippen LogP contribution is -2.54. The van der Waals surface area contributed by atoms with Crippen LogP contribution < -0.4 is 10.6 Å². The Kier molecular flexibility index (Phi) is 3.81. The molecule has 2 aliphatic rings. The zero-order valence-electron chi connectivity index (χ0n) is 12.7. The Morgan fingerprint density at radius 1 is 1.09 bits per heavy atom. The fraction of sp³-hybridized carbons (Fsp3) is 0.278. The summed E-state index contributed by atoms with van der Waals surface area (Å²) in [6, 6.07) is 14.0. The molecule has 1 amide bonds. The van der Waals surface area contributed by atoms with Gasteiger partial charge < -0.3 is 10.6 Å². The van der Waals surface area contributed by atoms with Crippen LogP contribution in [-0.2, 0) is 11.3 Å². The number of rotatable bonds is 1. The Bertz CT molecular complexity index is 744. The number of halogens is 1. The highest BCUT2D eigenvalue weighted by molar-refractivity contribution is 6.30. The SMILES string of the molecule is O=C1Nc2ccc(-c3ccc(Cl)cc3)cc2CN2CCNCC12. The van der Waals surface area contributed by atoms with Gasteiger partial charge in [0.15, 0.2) is 0 Å². The van der Waals surface area contributed by atoms with Crippen molar-refractivity contribution in [1.82, 2.24) is 10.2 Å². The molecule has 0 bridgehead atoms. The van der Waals surface area contributed by atoms with Crippen LogP contribution in [0.4, 0.5) is 5.69 Å². The number of fused-ring (bicyclic) bond motifs is 2. The monoisotopic (exact) mass is 327 g/mol. The normalized spacial score (nSPS) is 21.1. The van der Waals surface area contributed by atoms with Gasteiger partial charge in [-0.1, -0.05) is 29.8 Å². The van der Waals surface area contributed by atoms with E-state index in [-0.39, 0.29) is 11.9 Å². The van der Waals surface area contributed by atoms with E-state index in [2.05, 4.69) is 21.6 Å². The Labute approximate surface area is 140 Å². The van der Waals surface area contributed by atoms with Crippen LogP contribution in [0.5, 0.6) is 0 Å². The molecule has 23 heavy (non-hydrogen) atoms. The Morgan fingerprint density at radius 3 is 2.70 bits per heavy atom. The molecule has 1 unspecified atom stereocenters. The number of benzene rings is 2. The first kappa shape index (κ1) is 14.7. The van der Waals surface area contributed by atoms with Gasteiger partial charge in [0, 0.05) is 36.9 Å². The fourth-order valence-corrected chi connectivity index (χ4v) is 3.42. The summed E-state index contributed by atoms with van der Waals surface area (Å²) in [7, 11) is 0. The van der Waals surface area contributed by atoms with Crippen molar-refractivity contribution >= 4 is 23.2 Å². The molecule has 1 saturated heterocycles. The second-order valence-electron chi connectivity index (χ2n) is 6.06. The van der Waals surface area contributed by atoms with E-state index >= 15 is 0 Å². The Hall–Kier alpha value is -1.88. The highest BCUT2D eigenvalue weighted by Crippen LogP contribution is 2.29. The maximum atomic E-state index is 12.4. The van der Waals surface area contributed by atoms with E-state index in [1.807, 2.05) is 36.4 Å². The molecule has 0 aromatic heterocycles. The topological polar surface area (TPSA) is 44.4 Å². The number of piperazine rings is 1. The van der Waals surface area contributed by atoms with Crippen LogP contribution in [0, 0.1) is 0 Å². The van der Waals surface area contributed by atoms with Crippen LogP contribution in [0.1, 0.15) is 5.56 Å². The van der Waals surface area contributed by atoms with Crippen molar-refractivity contribution in [2.24, 2.45) is 0 Å². The van der Waals surface area contributed by atoms with Gasteiger partial charge >= 0.3 is 0 Å². The van der Waals surface area contributed by atoms with Crippen LogP contribution in [0.2, 0.25) is 5.02 Å². The molecule has 0 spiro atoms. The maximum Gasteiger partial charge on any atom is 0.243 e. The third-order valence-electron chi connectivity index (χ3n) is 4.57. The summed E-state index contributed by atoms with van der Waals surface area (Å²) in [5.41, 5.74) is 4.35. The fourth-order valence-electron chi connectivity index (χ4n) is 3.30. The molecule has 118 valence electrons. The average Bonchev–Trinajstić information content (AvgIpc) is 2.71. The molecule has 2 aromatic rings. The Morgan fingerprint density at radius 2 is 1.87 bits per heavy atom. The molecule has 4 rings (SSSR count). The lowest BCUT2D eigenvalue weighted by molar-refractivity contribution is -0.121. The van der Waals surface area contributed by atoms with Gasteiger partial charge in [0.05, 0.1) is 0 Å². The number of carbonyl (C=O) groups excluding carboxylic acids is 1. The molecule has 0 saturated carbocycles. The quantitative estimate of drug-likeness (QED) is 0.846. The molecule has 4 nitrogen and oxygen atoms in total. The molecule has 0 radical (unpaired) electrons. The second-order valence-corrected chi connectivity index (χ2v) is 6.49. The maximum absolute atomic E-state index is 12.4. The first-order valence-corrected chi connectivity index (χ1v) is 8.23. The van der Waals surface area contributed by atoms with Crippen molar-refractivity contribution in [3.05, 3.63) is 53.1 Å². The number of amides is 1. The Balaban J connectivity index is 1.70. The molecule has 1 atom stereocenters. The summed E-state index contributed by atoms with van der Waals surface area (Å²) in [6.07, 6.45) is 0. The number of nitrogens with one attached hydrogen (secondary N) is 2. The summed E-state index contributed by atoms with van der Waals surface area (Å²) >= 11 is 5.97. The van der Waals surface area contributed by atoms with Crippen molar-refractivity contribution in [3.63, 3.8) is 0 Å². The third-order valence-corrected chi connectivity index (χ3v) is 4.82. The van der Waals surface area contributed by atoms with E-state index in [1.54, 1.807) is 0 Å². The summed E-state index contributed by atoms with van der Waals surface area (Å²) in [5, 5.41) is 7.10. The van der Waals surface area contributed by atoms with E-state index in [9.17, 15) is 4.79 Å². The molecular formula is C18H18ClN3O. The van der Waals surface area contributed by atoms with Crippen LogP contribution in [0.25, 0.3) is 11.1 Å². The first-order valence-electron chi connectivity index (χ1n) is 7.85. The van der Waals surface area contributed by atoms with Gasteiger partial charge in [-0.25, -0.2) is 0 Å². The molecule has 1 fully saturated rings. The van der Waals surface area contributed by atoms with Crippen molar-refractivity contribution in [1.29, 1.82) is 0 Å². The molecule has 5 heteroatoms. The van der Waals surface area contributed by atoms with Crippen LogP contribution >= 0.6 is 11.6 Å². The van der Waals surface area contributed by atoms with E-state index in [0.29, 0.717) is 6.54 Å². The van der Waals surface area contributed by atoms with E-state index in [4.69, 9.17) is 11.6 Å². The predicted octanol–water partition coefficient (Wildman–Crippen LogP) is 2.73. The average molecular weight is 328 g/mol. The van der Waals surface area contributed by atoms with Gasteiger partial charge in [-0.2, -0.15) is 0 Å². The van der Waals surface area contributed by atoms with E-state index in [1.165, 1.54) is 0 Å². The van der Waals surface area contributed by atoms with Gasteiger partial charge in [-0.15, -0.1) is 0 Å². The lowest BCUT2D eigenvalue weighted by atomic mass is 10.0. The van der Waals surface area contributed by atoms with Crippen LogP contribution in [-0.4, -0.2) is 36.5 Å². The van der Waals surface area contributed by atoms with Crippen molar-refractivity contribution in [2.75, 3.05) is 25.0 Å². The van der Waals surface area contributed by atoms with Gasteiger partial charge in [0.2, 0.25) is 5.91 Å². The molecular weight excluding hydrogens is 310 g/mol. The van der Waals surface area contributed by atoms with Crippen molar-refractivity contribution in [2.45, 2.75) is 12.6 Å². The van der Waals surface area contributed by atoms with Gasteiger partial charge in [-0.05, 0) is 41.0 Å². The summed E-state index contributed by atoms with van der Waals surface area (Å²) in [4.78, 5) is 14.6. The molecule has 2 heterocycles. The molecule has 2 N–H and O–H groups in total. The lowest BCUT2D eigenvalue weighted by Gasteiger charge is -2.32. The van der Waals surface area contributed by atoms with Gasteiger partial charge in [0.1, 0.15) is 6.04 Å². The summed E-state index contributed by atoms with van der Waals surface area (Å²) < 4.78 is 0. The second kappa shape index (κ2) is 5.96. The minimum absolute atomic E-state index is 0.0789. The summed E-state index contributed by atoms with van der Waals surface area (Å²) in [6.45, 7) is 3.32. The van der Waals surface area contributed by atoms with Crippen molar-refractivity contribution < 1.29 is 4.79 Å². The number of anilines is 1. The number of hydrogen-bond acceptors (Lipinski definition) is 3. The highest BCUT2D eigenvalue weighted by atomic mass is 35.5. The zero-order valence-corrected chi connectivity index (χ0v) is 13.4.